The van der Waals surface area contributed by atoms with Gasteiger partial charge in [-0.25, -0.2) is 23.9 Å². The second-order valence-electron chi connectivity index (χ2n) is 8.44. The summed E-state index contributed by atoms with van der Waals surface area (Å²) < 4.78 is 16.1. The fourth-order valence-electron chi connectivity index (χ4n) is 3.47. The average Bonchev–Trinajstić information content (AvgIpc) is 3.43. The molecule has 3 rings (SSSR count). The quantitative estimate of drug-likeness (QED) is 0.223. The Kier molecular flexibility index (Phi) is 10.8. The molecule has 3 aromatic rings. The number of nitrogens with one attached hydrogen (secondary N) is 2. The highest BCUT2D eigenvalue weighted by Crippen LogP contribution is 2.09. The zero-order valence-corrected chi connectivity index (χ0v) is 21.5. The van der Waals surface area contributed by atoms with E-state index in [2.05, 4.69) is 20.4 Å². The highest BCUT2D eigenvalue weighted by atomic mass is 16.6. The Morgan fingerprint density at radius 1 is 0.875 bits per heavy atom. The number of amides is 2. The third-order valence-electron chi connectivity index (χ3n) is 5.56. The average molecular weight is 553 g/mol. The number of hydrogen-bond donors (Lipinski definition) is 3. The normalized spacial score (nSPS) is 11.9. The Balaban J connectivity index is 1.74. The van der Waals surface area contributed by atoms with Gasteiger partial charge in [-0.1, -0.05) is 60.7 Å². The third kappa shape index (κ3) is 8.97. The number of imidazole rings is 1. The summed E-state index contributed by atoms with van der Waals surface area (Å²) in [4.78, 5) is 65.6. The molecule has 3 N–H and O–H groups in total. The van der Waals surface area contributed by atoms with Crippen molar-refractivity contribution in [2.24, 2.45) is 0 Å². The number of esters is 1. The van der Waals surface area contributed by atoms with Crippen molar-refractivity contribution in [2.45, 2.75) is 38.1 Å². The van der Waals surface area contributed by atoms with E-state index >= 15 is 0 Å². The zero-order valence-electron chi connectivity index (χ0n) is 21.5. The van der Waals surface area contributed by atoms with Gasteiger partial charge in [-0.3, -0.25) is 9.59 Å². The molecule has 2 amide bonds. The molecule has 210 valence electrons. The molecule has 0 saturated carbocycles. The first-order chi connectivity index (χ1) is 19.3. The van der Waals surface area contributed by atoms with Crippen molar-refractivity contribution in [1.82, 2.24) is 20.2 Å². The first-order valence-electron chi connectivity index (χ1n) is 12.1. The molecule has 0 aliphatic carbocycles. The summed E-state index contributed by atoms with van der Waals surface area (Å²) in [6.45, 7) is -0.107. The number of carbonyl (C=O) groups excluding carboxylic acids is 4. The Morgan fingerprint density at radius 2 is 1.48 bits per heavy atom. The number of hydrogen-bond acceptors (Lipinski definition) is 9. The van der Waals surface area contributed by atoms with Crippen LogP contribution in [0.3, 0.4) is 0 Å². The number of ether oxygens (including phenoxy) is 3. The number of aromatic nitrogens is 2. The van der Waals surface area contributed by atoms with Gasteiger partial charge in [0.15, 0.2) is 0 Å². The molecule has 2 atom stereocenters. The maximum absolute atomic E-state index is 13.1. The number of aliphatic carboxylic acids is 1. The first-order valence-corrected chi connectivity index (χ1v) is 12.1. The lowest BCUT2D eigenvalue weighted by atomic mass is 10.1. The number of rotatable bonds is 12. The molecular weight excluding hydrogens is 524 g/mol. The summed E-state index contributed by atoms with van der Waals surface area (Å²) in [6.07, 6.45) is -0.214. The number of carboxylic acids is 1. The van der Waals surface area contributed by atoms with Gasteiger partial charge < -0.3 is 30.0 Å². The van der Waals surface area contributed by atoms with Crippen molar-refractivity contribution < 1.29 is 43.3 Å². The van der Waals surface area contributed by atoms with E-state index in [1.54, 1.807) is 54.6 Å². The lowest BCUT2D eigenvalue weighted by molar-refractivity contribution is -0.148. The van der Waals surface area contributed by atoms with Crippen LogP contribution in [-0.2, 0) is 48.2 Å². The largest absolute Gasteiger partial charge is 0.480 e. The first kappa shape index (κ1) is 29.4. The van der Waals surface area contributed by atoms with Gasteiger partial charge in [0, 0.05) is 12.6 Å². The number of nitrogens with zero attached hydrogens (tertiary/aromatic N) is 2. The van der Waals surface area contributed by atoms with Gasteiger partial charge in [-0.15, -0.1) is 0 Å². The molecule has 0 unspecified atom stereocenters. The summed E-state index contributed by atoms with van der Waals surface area (Å²) in [5, 5.41) is 14.1. The number of methoxy groups -OCH3 is 1. The molecule has 0 bridgehead atoms. The Bertz CT molecular complexity index is 1310. The number of benzene rings is 2. The lowest BCUT2D eigenvalue weighted by Gasteiger charge is -2.21. The van der Waals surface area contributed by atoms with E-state index < -0.39 is 48.5 Å². The van der Waals surface area contributed by atoms with Crippen LogP contribution < -0.4 is 10.6 Å². The molecule has 13 heteroatoms. The minimum Gasteiger partial charge on any atom is -0.480 e. The molecular formula is C27H28N4O9. The van der Waals surface area contributed by atoms with Gasteiger partial charge in [0.05, 0.1) is 19.2 Å². The van der Waals surface area contributed by atoms with Gasteiger partial charge in [-0.05, 0) is 11.1 Å². The Morgan fingerprint density at radius 3 is 2.05 bits per heavy atom. The van der Waals surface area contributed by atoms with Gasteiger partial charge in [-0.2, -0.15) is 0 Å². The predicted molar refractivity (Wildman–Crippen MR) is 138 cm³/mol. The van der Waals surface area contributed by atoms with Gasteiger partial charge >= 0.3 is 24.1 Å². The minimum atomic E-state index is -1.63. The van der Waals surface area contributed by atoms with Crippen LogP contribution in [0.5, 0.6) is 0 Å². The highest BCUT2D eigenvalue weighted by molar-refractivity contribution is 5.91. The van der Waals surface area contributed by atoms with E-state index in [0.29, 0.717) is 5.56 Å². The SMILES string of the molecule is COC(=O)C[C@@H](NC(=O)[C@@H](Cc1cncn1C(=O)OCc1ccccc1)NC(=O)OCc1ccccc1)C(=O)O. The molecule has 0 aliphatic heterocycles. The van der Waals surface area contributed by atoms with Crippen LogP contribution in [0.4, 0.5) is 9.59 Å². The fourth-order valence-corrected chi connectivity index (χ4v) is 3.47. The lowest BCUT2D eigenvalue weighted by Crippen LogP contribution is -2.53. The monoisotopic (exact) mass is 552 g/mol. The second-order valence-corrected chi connectivity index (χ2v) is 8.44. The van der Waals surface area contributed by atoms with E-state index in [4.69, 9.17) is 9.47 Å². The van der Waals surface area contributed by atoms with Crippen molar-refractivity contribution in [3.05, 3.63) is 90.0 Å². The van der Waals surface area contributed by atoms with E-state index in [-0.39, 0.29) is 25.3 Å². The van der Waals surface area contributed by atoms with Crippen LogP contribution >= 0.6 is 0 Å². The number of alkyl carbamates (subject to hydrolysis) is 1. The van der Waals surface area contributed by atoms with E-state index in [0.717, 1.165) is 17.2 Å². The zero-order chi connectivity index (χ0) is 28.9. The number of carbonyl (C=O) groups is 5. The van der Waals surface area contributed by atoms with Crippen molar-refractivity contribution in [3.8, 4) is 0 Å². The standard InChI is InChI=1S/C27H28N4O9/c1-38-23(32)13-22(25(34)35)29-24(33)21(30-26(36)39-15-18-8-4-2-5-9-18)12-20-14-28-17-31(20)27(37)40-16-19-10-6-3-7-11-19/h2-11,14,17,21-22H,12-13,15-16H2,1H3,(H,29,33)(H,30,36)(H,34,35)/t21-,22-/m1/s1. The molecule has 2 aromatic carbocycles. The van der Waals surface area contributed by atoms with Crippen LogP contribution in [0.25, 0.3) is 0 Å². The Labute approximate surface area is 229 Å². The summed E-state index contributed by atoms with van der Waals surface area (Å²) in [6, 6.07) is 14.7. The molecule has 1 aromatic heterocycles. The molecule has 0 saturated heterocycles. The molecule has 1 heterocycles. The molecule has 0 aliphatic rings. The molecule has 0 spiro atoms. The van der Waals surface area contributed by atoms with E-state index in [9.17, 15) is 29.1 Å². The molecule has 0 fully saturated rings. The molecule has 13 nitrogen and oxygen atoms in total. The van der Waals surface area contributed by atoms with Crippen LogP contribution in [0, 0.1) is 0 Å². The van der Waals surface area contributed by atoms with Gasteiger partial charge in [0.25, 0.3) is 0 Å². The van der Waals surface area contributed by atoms with Crippen molar-refractivity contribution in [2.75, 3.05) is 7.11 Å². The van der Waals surface area contributed by atoms with Crippen molar-refractivity contribution in [1.29, 1.82) is 0 Å². The van der Waals surface area contributed by atoms with Crippen LogP contribution in [0.15, 0.2) is 73.2 Å². The summed E-state index contributed by atoms with van der Waals surface area (Å²) in [7, 11) is 1.08. The van der Waals surface area contributed by atoms with E-state index in [1.807, 2.05) is 6.07 Å². The number of carboxylic acid groups (broad SMARTS) is 1. The topological polar surface area (TPSA) is 175 Å². The predicted octanol–water partition coefficient (Wildman–Crippen LogP) is 2.04. The van der Waals surface area contributed by atoms with Crippen LogP contribution in [0.2, 0.25) is 0 Å². The van der Waals surface area contributed by atoms with Crippen molar-refractivity contribution in [3.63, 3.8) is 0 Å². The summed E-state index contributed by atoms with van der Waals surface area (Å²) in [5.74, 6) is -3.30. The third-order valence-corrected chi connectivity index (χ3v) is 5.56. The van der Waals surface area contributed by atoms with Crippen LogP contribution in [-0.4, -0.2) is 63.9 Å². The van der Waals surface area contributed by atoms with Gasteiger partial charge in [0.2, 0.25) is 5.91 Å². The molecule has 0 radical (unpaired) electrons. The summed E-state index contributed by atoms with van der Waals surface area (Å²) >= 11 is 0. The maximum Gasteiger partial charge on any atom is 0.419 e. The molecule has 40 heavy (non-hydrogen) atoms. The fraction of sp³-hybridized carbons (Fsp3) is 0.259. The Hall–Kier alpha value is -5.20. The van der Waals surface area contributed by atoms with E-state index in [1.165, 1.54) is 12.5 Å². The smallest absolute Gasteiger partial charge is 0.419 e. The minimum absolute atomic E-state index is 0.0148. The maximum atomic E-state index is 13.1. The second kappa shape index (κ2) is 14.7. The summed E-state index contributed by atoms with van der Waals surface area (Å²) in [5.41, 5.74) is 1.63. The van der Waals surface area contributed by atoms with Crippen LogP contribution in [0.1, 0.15) is 23.2 Å². The van der Waals surface area contributed by atoms with Crippen molar-refractivity contribution >= 4 is 30.0 Å². The van der Waals surface area contributed by atoms with Gasteiger partial charge in [0.1, 0.15) is 31.6 Å². The highest BCUT2D eigenvalue weighted by Gasteiger charge is 2.30.